The number of H-pyrrole nitrogens is 1. The van der Waals surface area contributed by atoms with Crippen molar-refractivity contribution in [3.63, 3.8) is 0 Å². The molecule has 0 aliphatic rings. The normalized spacial score (nSPS) is 11.9. The van der Waals surface area contributed by atoms with Crippen molar-refractivity contribution in [2.75, 3.05) is 6.61 Å². The Bertz CT molecular complexity index is 1690. The number of carboxylic acid groups (broad SMARTS) is 1. The van der Waals surface area contributed by atoms with Gasteiger partial charge in [-0.05, 0) is 41.8 Å². The van der Waals surface area contributed by atoms with Gasteiger partial charge in [-0.1, -0.05) is 48.5 Å². The number of fused-ring (bicyclic) bond motifs is 2. The monoisotopic (exact) mass is 510 g/mol. The van der Waals surface area contributed by atoms with Crippen molar-refractivity contribution in [1.29, 1.82) is 0 Å². The second-order valence-corrected chi connectivity index (χ2v) is 9.12. The number of rotatable bonds is 9. The van der Waals surface area contributed by atoms with Crippen LogP contribution >= 0.6 is 0 Å². The highest BCUT2D eigenvalue weighted by Crippen LogP contribution is 2.25. The molecule has 3 aromatic carbocycles. The van der Waals surface area contributed by atoms with Crippen molar-refractivity contribution >= 4 is 33.7 Å². The van der Waals surface area contributed by atoms with Gasteiger partial charge < -0.3 is 24.6 Å². The van der Waals surface area contributed by atoms with Crippen LogP contribution in [0.25, 0.3) is 21.9 Å². The molecule has 0 aliphatic carbocycles. The van der Waals surface area contributed by atoms with E-state index in [1.807, 2.05) is 61.5 Å². The molecule has 2 aromatic heterocycles. The van der Waals surface area contributed by atoms with Crippen LogP contribution in [0.4, 0.5) is 0 Å². The third kappa shape index (κ3) is 5.29. The second-order valence-electron chi connectivity index (χ2n) is 9.12. The summed E-state index contributed by atoms with van der Waals surface area (Å²) < 4.78 is 11.2. The molecule has 0 spiro atoms. The highest BCUT2D eigenvalue weighted by atomic mass is 16.5. The molecular weight excluding hydrogens is 484 g/mol. The largest absolute Gasteiger partial charge is 0.484 e. The number of nitrogens with one attached hydrogen (secondary N) is 2. The summed E-state index contributed by atoms with van der Waals surface area (Å²) in [5.41, 5.74) is 4.04. The van der Waals surface area contributed by atoms with Crippen LogP contribution in [-0.4, -0.2) is 34.6 Å². The Morgan fingerprint density at radius 2 is 1.79 bits per heavy atom. The number of amides is 1. The summed E-state index contributed by atoms with van der Waals surface area (Å²) >= 11 is 0. The van der Waals surface area contributed by atoms with E-state index in [-0.39, 0.29) is 6.42 Å². The molecule has 8 nitrogen and oxygen atoms in total. The van der Waals surface area contributed by atoms with Crippen LogP contribution in [0, 0.1) is 6.92 Å². The molecule has 5 rings (SSSR count). The van der Waals surface area contributed by atoms with Gasteiger partial charge in [0.2, 0.25) is 0 Å². The van der Waals surface area contributed by atoms with E-state index in [0.717, 1.165) is 33.0 Å². The minimum absolute atomic E-state index is 0.122. The molecule has 1 atom stereocenters. The van der Waals surface area contributed by atoms with Crippen LogP contribution in [0.15, 0.2) is 88.2 Å². The van der Waals surface area contributed by atoms with E-state index in [9.17, 15) is 19.5 Å². The lowest BCUT2D eigenvalue weighted by molar-refractivity contribution is -0.142. The number of carbonyl (C=O) groups excluding carboxylic acids is 1. The molecule has 3 N–H and O–H groups in total. The Morgan fingerprint density at radius 3 is 2.58 bits per heavy atom. The zero-order valence-electron chi connectivity index (χ0n) is 20.7. The molecule has 38 heavy (non-hydrogen) atoms. The maximum atomic E-state index is 12.7. The van der Waals surface area contributed by atoms with E-state index >= 15 is 0 Å². The van der Waals surface area contributed by atoms with Gasteiger partial charge in [-0.25, -0.2) is 9.59 Å². The van der Waals surface area contributed by atoms with Crippen molar-refractivity contribution < 1.29 is 23.8 Å². The molecule has 0 bridgehead atoms. The fourth-order valence-electron chi connectivity index (χ4n) is 4.57. The van der Waals surface area contributed by atoms with Gasteiger partial charge in [-0.2, -0.15) is 0 Å². The summed E-state index contributed by atoms with van der Waals surface area (Å²) in [7, 11) is 0. The van der Waals surface area contributed by atoms with Gasteiger partial charge in [0.15, 0.2) is 6.61 Å². The Hall–Kier alpha value is -4.85. The summed E-state index contributed by atoms with van der Waals surface area (Å²) in [6.07, 6.45) is 2.34. The molecule has 0 saturated heterocycles. The summed E-state index contributed by atoms with van der Waals surface area (Å²) in [6, 6.07) is 21.2. The van der Waals surface area contributed by atoms with Crippen molar-refractivity contribution in [3.8, 4) is 5.75 Å². The van der Waals surface area contributed by atoms with Crippen molar-refractivity contribution in [2.24, 2.45) is 0 Å². The molecule has 0 saturated carbocycles. The van der Waals surface area contributed by atoms with Crippen molar-refractivity contribution in [2.45, 2.75) is 25.8 Å². The first kappa shape index (κ1) is 24.8. The highest BCUT2D eigenvalue weighted by molar-refractivity contribution is 5.87. The number of hydrogen-bond acceptors (Lipinski definition) is 5. The zero-order chi connectivity index (χ0) is 26.6. The van der Waals surface area contributed by atoms with Gasteiger partial charge in [0, 0.05) is 47.0 Å². The summed E-state index contributed by atoms with van der Waals surface area (Å²) in [5.74, 6) is -1.39. The summed E-state index contributed by atoms with van der Waals surface area (Å²) in [4.78, 5) is 40.2. The molecule has 0 radical (unpaired) electrons. The van der Waals surface area contributed by atoms with Crippen LogP contribution in [0.5, 0.6) is 5.75 Å². The average Bonchev–Trinajstić information content (AvgIpc) is 3.32. The fraction of sp³-hybridized carbons (Fsp3) is 0.167. The van der Waals surface area contributed by atoms with Gasteiger partial charge in [-0.15, -0.1) is 0 Å². The van der Waals surface area contributed by atoms with Gasteiger partial charge in [0.05, 0.1) is 0 Å². The van der Waals surface area contributed by atoms with Crippen LogP contribution in [0.2, 0.25) is 0 Å². The Kier molecular flexibility index (Phi) is 6.95. The Labute approximate surface area is 217 Å². The smallest absolute Gasteiger partial charge is 0.340 e. The maximum absolute atomic E-state index is 12.7. The molecule has 0 aliphatic heterocycles. The molecular formula is C30H26N2O6. The number of aromatic nitrogens is 1. The second kappa shape index (κ2) is 10.6. The number of benzene rings is 3. The van der Waals surface area contributed by atoms with Crippen molar-refractivity contribution in [3.05, 3.63) is 112 Å². The van der Waals surface area contributed by atoms with E-state index in [4.69, 9.17) is 9.15 Å². The number of carbonyl (C=O) groups is 2. The van der Waals surface area contributed by atoms with E-state index in [0.29, 0.717) is 23.3 Å². The minimum atomic E-state index is -1.14. The lowest BCUT2D eigenvalue weighted by atomic mass is 10.00. The fourth-order valence-corrected chi connectivity index (χ4v) is 4.57. The summed E-state index contributed by atoms with van der Waals surface area (Å²) in [5, 5.41) is 13.9. The number of aryl methyl sites for hydroxylation is 1. The van der Waals surface area contributed by atoms with Gasteiger partial charge in [-0.3, -0.25) is 4.79 Å². The Morgan fingerprint density at radius 1 is 1.03 bits per heavy atom. The lowest BCUT2D eigenvalue weighted by Gasteiger charge is -2.15. The number of hydrogen-bond donors (Lipinski definition) is 3. The molecule has 192 valence electrons. The topological polar surface area (TPSA) is 122 Å². The quantitative estimate of drug-likeness (QED) is 0.253. The molecule has 5 aromatic rings. The number of para-hydroxylation sites is 1. The van der Waals surface area contributed by atoms with Crippen LogP contribution in [-0.2, 0) is 22.4 Å². The van der Waals surface area contributed by atoms with E-state index < -0.39 is 30.2 Å². The van der Waals surface area contributed by atoms with Crippen molar-refractivity contribution in [1.82, 2.24) is 10.3 Å². The average molecular weight is 511 g/mol. The summed E-state index contributed by atoms with van der Waals surface area (Å²) in [6.45, 7) is 1.49. The number of aromatic amines is 1. The van der Waals surface area contributed by atoms with Crippen LogP contribution in [0.1, 0.15) is 22.3 Å². The van der Waals surface area contributed by atoms with Gasteiger partial charge in [0.25, 0.3) is 5.91 Å². The predicted octanol–water partition coefficient (Wildman–Crippen LogP) is 4.36. The third-order valence-electron chi connectivity index (χ3n) is 6.58. The first-order valence-corrected chi connectivity index (χ1v) is 12.2. The number of ether oxygens (including phenoxy) is 1. The van der Waals surface area contributed by atoms with Gasteiger partial charge >= 0.3 is 11.6 Å². The first-order chi connectivity index (χ1) is 18.4. The standard InChI is InChI=1S/C30H26N2O6/c1-18-22-12-11-21(15-27(22)38-30(36)24(18)13-19-7-3-2-4-8-19)37-17-28(33)32-26(29(34)35)14-20-16-31-25-10-6-5-9-23(20)25/h2-12,15-16,26,31H,13-14,17H2,1H3,(H,32,33)(H,34,35)/t26-/m1/s1. The molecule has 1 amide bonds. The first-order valence-electron chi connectivity index (χ1n) is 12.2. The Balaban J connectivity index is 1.26. The van der Waals surface area contributed by atoms with Gasteiger partial charge in [0.1, 0.15) is 17.4 Å². The minimum Gasteiger partial charge on any atom is -0.484 e. The SMILES string of the molecule is Cc1c(Cc2ccccc2)c(=O)oc2cc(OCC(=O)N[C@H](Cc3c[nH]c4ccccc34)C(=O)O)ccc12. The highest BCUT2D eigenvalue weighted by Gasteiger charge is 2.22. The third-order valence-corrected chi connectivity index (χ3v) is 6.58. The molecule has 8 heteroatoms. The van der Waals surface area contributed by atoms with Crippen LogP contribution < -0.4 is 15.7 Å². The van der Waals surface area contributed by atoms with Crippen LogP contribution in [0.3, 0.4) is 0 Å². The van der Waals surface area contributed by atoms with E-state index in [1.165, 1.54) is 0 Å². The molecule has 2 heterocycles. The molecule has 0 fully saturated rings. The predicted molar refractivity (Wildman–Crippen MR) is 144 cm³/mol. The van der Waals surface area contributed by atoms with E-state index in [2.05, 4.69) is 10.3 Å². The number of carboxylic acids is 1. The number of aliphatic carboxylic acids is 1. The lowest BCUT2D eigenvalue weighted by Crippen LogP contribution is -2.44. The van der Waals surface area contributed by atoms with E-state index in [1.54, 1.807) is 24.4 Å². The zero-order valence-corrected chi connectivity index (χ0v) is 20.7. The molecule has 0 unspecified atom stereocenters. The maximum Gasteiger partial charge on any atom is 0.340 e.